The Bertz CT molecular complexity index is 1320. The van der Waals surface area contributed by atoms with E-state index < -0.39 is 53.4 Å². The smallest absolute Gasteiger partial charge is 0.431 e. The number of hydrazone groups is 1. The molecule has 1 aliphatic heterocycles. The van der Waals surface area contributed by atoms with Crippen molar-refractivity contribution in [3.8, 4) is 16.9 Å². The highest BCUT2D eigenvalue weighted by molar-refractivity contribution is 5.97. The van der Waals surface area contributed by atoms with Crippen LogP contribution in [0.2, 0.25) is 0 Å². The number of hydrogen-bond donors (Lipinski definition) is 1. The summed E-state index contributed by atoms with van der Waals surface area (Å²) in [6, 6.07) is 13.8. The van der Waals surface area contributed by atoms with E-state index in [9.17, 15) is 40.2 Å². The van der Waals surface area contributed by atoms with Crippen LogP contribution in [0, 0.1) is 11.6 Å². The minimum Gasteiger partial charge on any atom is -0.494 e. The molecule has 1 heterocycles. The quantitative estimate of drug-likeness (QED) is 0.334. The Balaban J connectivity index is 1.77. The Morgan fingerprint density at radius 1 is 0.895 bits per heavy atom. The van der Waals surface area contributed by atoms with Gasteiger partial charge in [0.1, 0.15) is 11.6 Å². The van der Waals surface area contributed by atoms with Crippen LogP contribution < -0.4 is 9.75 Å². The molecule has 38 heavy (non-hydrogen) atoms. The first-order chi connectivity index (χ1) is 17.8. The van der Waals surface area contributed by atoms with Crippen molar-refractivity contribution in [2.75, 3.05) is 11.6 Å². The highest BCUT2D eigenvalue weighted by Crippen LogP contribution is 2.49. The highest BCUT2D eigenvalue weighted by Gasteiger charge is 2.74. The number of aliphatic hydroxyl groups is 1. The molecule has 4 rings (SSSR count). The molecular weight excluding hydrogens is 524 g/mol. The van der Waals surface area contributed by atoms with Gasteiger partial charge in [-0.15, -0.1) is 0 Å². The number of benzene rings is 3. The number of anilines is 1. The molecule has 1 atom stereocenters. The topological polar surface area (TPSA) is 45.1 Å². The summed E-state index contributed by atoms with van der Waals surface area (Å²) in [4.78, 5) is 0. The summed E-state index contributed by atoms with van der Waals surface area (Å²) in [5, 5.41) is 13.9. The molecule has 12 heteroatoms. The first kappa shape index (κ1) is 27.4. The van der Waals surface area contributed by atoms with E-state index in [1.54, 1.807) is 36.4 Å². The van der Waals surface area contributed by atoms with Gasteiger partial charge in [-0.1, -0.05) is 36.4 Å². The predicted octanol–water partition coefficient (Wildman–Crippen LogP) is 7.19. The first-order valence-electron chi connectivity index (χ1n) is 11.3. The Morgan fingerprint density at radius 2 is 1.55 bits per heavy atom. The molecule has 0 aliphatic carbocycles. The molecule has 4 nitrogen and oxygen atoms in total. The lowest BCUT2D eigenvalue weighted by Gasteiger charge is -2.32. The molecule has 3 aromatic rings. The zero-order valence-corrected chi connectivity index (χ0v) is 19.6. The maximum Gasteiger partial charge on any atom is 0.431 e. The highest BCUT2D eigenvalue weighted by atomic mass is 19.4. The molecule has 3 aromatic carbocycles. The van der Waals surface area contributed by atoms with Crippen LogP contribution in [-0.2, 0) is 0 Å². The van der Waals surface area contributed by atoms with Gasteiger partial charge in [0, 0.05) is 12.5 Å². The zero-order valence-electron chi connectivity index (χ0n) is 19.6. The second-order valence-corrected chi connectivity index (χ2v) is 8.50. The molecule has 202 valence electrons. The normalized spacial score (nSPS) is 16.5. The second kappa shape index (κ2) is 9.90. The third kappa shape index (κ3) is 4.92. The van der Waals surface area contributed by atoms with Crippen LogP contribution in [0.5, 0.6) is 5.75 Å². The molecule has 0 amide bonds. The summed E-state index contributed by atoms with van der Waals surface area (Å²) in [6.07, 6.45) is -13.4. The van der Waals surface area contributed by atoms with Crippen LogP contribution in [-0.4, -0.2) is 35.4 Å². The van der Waals surface area contributed by atoms with E-state index in [1.165, 1.54) is 12.1 Å². The third-order valence-corrected chi connectivity index (χ3v) is 6.08. The average Bonchev–Trinajstić information content (AvgIpc) is 3.28. The summed E-state index contributed by atoms with van der Waals surface area (Å²) in [5.41, 5.74) is -5.93. The lowest BCUT2D eigenvalue weighted by molar-refractivity contribution is -0.338. The van der Waals surface area contributed by atoms with Crippen molar-refractivity contribution in [1.29, 1.82) is 0 Å². The van der Waals surface area contributed by atoms with Crippen LogP contribution in [0.4, 0.5) is 40.8 Å². The zero-order chi connectivity index (χ0) is 27.9. The van der Waals surface area contributed by atoms with Crippen molar-refractivity contribution in [2.24, 2.45) is 5.10 Å². The summed E-state index contributed by atoms with van der Waals surface area (Å²) in [7, 11) is 0. The first-order valence-corrected chi connectivity index (χ1v) is 11.3. The number of alkyl halides is 6. The van der Waals surface area contributed by atoms with E-state index in [1.807, 2.05) is 6.92 Å². The SMILES string of the molecule is CCOc1cccc(-c2ccc(C3CC(C(O)(C(F)(F)F)C(F)(F)F)=NN3c3ccc(F)cc3F)cc2)c1. The van der Waals surface area contributed by atoms with Crippen molar-refractivity contribution >= 4 is 11.4 Å². The van der Waals surface area contributed by atoms with Gasteiger partial charge in [-0.05, 0) is 47.9 Å². The Kier molecular flexibility index (Phi) is 7.13. The monoisotopic (exact) mass is 544 g/mol. The van der Waals surface area contributed by atoms with E-state index >= 15 is 0 Å². The van der Waals surface area contributed by atoms with Gasteiger partial charge in [-0.2, -0.15) is 31.4 Å². The number of halogens is 8. The van der Waals surface area contributed by atoms with Crippen LogP contribution in [0.1, 0.15) is 24.9 Å². The van der Waals surface area contributed by atoms with E-state index in [-0.39, 0.29) is 5.56 Å². The largest absolute Gasteiger partial charge is 0.494 e. The summed E-state index contributed by atoms with van der Waals surface area (Å²) >= 11 is 0. The van der Waals surface area contributed by atoms with Crippen molar-refractivity contribution in [2.45, 2.75) is 37.3 Å². The molecule has 0 bridgehead atoms. The maximum absolute atomic E-state index is 14.6. The minimum absolute atomic E-state index is 0.184. The Hall–Kier alpha value is -3.67. The van der Waals surface area contributed by atoms with Gasteiger partial charge in [-0.25, -0.2) is 8.78 Å². The lowest BCUT2D eigenvalue weighted by Crippen LogP contribution is -2.62. The summed E-state index contributed by atoms with van der Waals surface area (Å²) in [5.74, 6) is -1.67. The van der Waals surface area contributed by atoms with Gasteiger partial charge in [0.05, 0.1) is 24.0 Å². The molecule has 1 aliphatic rings. The summed E-state index contributed by atoms with van der Waals surface area (Å²) < 4.78 is 115. The minimum atomic E-state index is -6.17. The number of rotatable bonds is 6. The predicted molar refractivity (Wildman–Crippen MR) is 124 cm³/mol. The van der Waals surface area contributed by atoms with Gasteiger partial charge in [-0.3, -0.25) is 5.01 Å². The fourth-order valence-electron chi connectivity index (χ4n) is 4.20. The molecular formula is C26H20F8N2O2. The fraction of sp³-hybridized carbons (Fsp3) is 0.269. The van der Waals surface area contributed by atoms with Gasteiger partial charge < -0.3 is 9.84 Å². The van der Waals surface area contributed by atoms with Crippen LogP contribution in [0.15, 0.2) is 71.8 Å². The van der Waals surface area contributed by atoms with Gasteiger partial charge in [0.15, 0.2) is 5.82 Å². The van der Waals surface area contributed by atoms with Gasteiger partial charge in [0.25, 0.3) is 5.60 Å². The van der Waals surface area contributed by atoms with Gasteiger partial charge >= 0.3 is 12.4 Å². The number of hydrogen-bond acceptors (Lipinski definition) is 4. The standard InChI is InChI=1S/C26H20F8N2O2/c1-2-38-19-5-3-4-17(12-19)15-6-8-16(9-7-15)22-14-23(24(37,25(29,30)31)26(32,33)34)35-36(22)21-11-10-18(27)13-20(21)28/h3-13,22,37H,2,14H2,1H3. The molecule has 0 saturated carbocycles. The second-order valence-electron chi connectivity index (χ2n) is 8.50. The molecule has 0 aromatic heterocycles. The van der Waals surface area contributed by atoms with E-state index in [2.05, 4.69) is 5.10 Å². The number of ether oxygens (including phenoxy) is 1. The molecule has 0 radical (unpaired) electrons. The average molecular weight is 544 g/mol. The molecule has 0 saturated heterocycles. The van der Waals surface area contributed by atoms with Crippen molar-refractivity contribution in [3.05, 3.63) is 83.9 Å². The van der Waals surface area contributed by atoms with Crippen molar-refractivity contribution in [1.82, 2.24) is 0 Å². The Morgan fingerprint density at radius 3 is 2.13 bits per heavy atom. The van der Waals surface area contributed by atoms with Crippen molar-refractivity contribution in [3.63, 3.8) is 0 Å². The van der Waals surface area contributed by atoms with Crippen molar-refractivity contribution < 1.29 is 45.0 Å². The number of nitrogens with zero attached hydrogens (tertiary/aromatic N) is 2. The fourth-order valence-corrected chi connectivity index (χ4v) is 4.20. The van der Waals surface area contributed by atoms with E-state index in [0.29, 0.717) is 29.0 Å². The Labute approximate surface area is 211 Å². The van der Waals surface area contributed by atoms with Crippen LogP contribution in [0.25, 0.3) is 11.1 Å². The van der Waals surface area contributed by atoms with E-state index in [4.69, 9.17) is 4.74 Å². The molecule has 0 spiro atoms. The lowest BCUT2D eigenvalue weighted by atomic mass is 9.89. The maximum atomic E-state index is 14.6. The molecule has 1 N–H and O–H groups in total. The van der Waals surface area contributed by atoms with Crippen LogP contribution in [0.3, 0.4) is 0 Å². The summed E-state index contributed by atoms with van der Waals surface area (Å²) in [6.45, 7) is 2.25. The van der Waals surface area contributed by atoms with Crippen LogP contribution >= 0.6 is 0 Å². The van der Waals surface area contributed by atoms with Gasteiger partial charge in [0.2, 0.25) is 0 Å². The third-order valence-electron chi connectivity index (χ3n) is 6.08. The molecule has 0 fully saturated rings. The molecule has 1 unspecified atom stereocenters. The van der Waals surface area contributed by atoms with E-state index in [0.717, 1.165) is 17.7 Å².